The summed E-state index contributed by atoms with van der Waals surface area (Å²) in [5.41, 5.74) is 2.45. The van der Waals surface area contributed by atoms with Crippen molar-refractivity contribution in [2.75, 3.05) is 7.05 Å². The minimum Gasteiger partial charge on any atom is -0.316 e. The van der Waals surface area contributed by atoms with Crippen LogP contribution >= 0.6 is 0 Å². The van der Waals surface area contributed by atoms with E-state index in [2.05, 4.69) is 5.32 Å². The van der Waals surface area contributed by atoms with Gasteiger partial charge in [0.05, 0.1) is 0 Å². The molecule has 0 heterocycles. The Labute approximate surface area is 99.1 Å². The molecule has 0 aliphatic heterocycles. The Morgan fingerprint density at radius 1 is 0.941 bits per heavy atom. The highest BCUT2D eigenvalue weighted by Gasteiger charge is 2.03. The highest BCUT2D eigenvalue weighted by atomic mass is 19.1. The van der Waals surface area contributed by atoms with Crippen molar-refractivity contribution in [3.05, 3.63) is 59.7 Å². The zero-order chi connectivity index (χ0) is 12.3. The van der Waals surface area contributed by atoms with Crippen molar-refractivity contribution in [2.45, 2.75) is 6.54 Å². The van der Waals surface area contributed by atoms with Crippen LogP contribution in [0.2, 0.25) is 0 Å². The first-order valence-corrected chi connectivity index (χ1v) is 5.39. The molecule has 0 unspecified atom stereocenters. The molecule has 0 bridgehead atoms. The van der Waals surface area contributed by atoms with Gasteiger partial charge in [-0.25, -0.2) is 8.78 Å². The van der Waals surface area contributed by atoms with Gasteiger partial charge in [0.25, 0.3) is 0 Å². The highest BCUT2D eigenvalue weighted by molar-refractivity contribution is 5.64. The Bertz CT molecular complexity index is 503. The lowest BCUT2D eigenvalue weighted by Crippen LogP contribution is -2.04. The maximum atomic E-state index is 13.1. The summed E-state index contributed by atoms with van der Waals surface area (Å²) in [6.45, 7) is 0.728. The molecular formula is C14H13F2N. The third-order valence-electron chi connectivity index (χ3n) is 2.50. The van der Waals surface area contributed by atoms with Crippen LogP contribution in [0.4, 0.5) is 8.78 Å². The fourth-order valence-electron chi connectivity index (χ4n) is 1.79. The normalized spacial score (nSPS) is 10.5. The summed E-state index contributed by atoms with van der Waals surface area (Å²) >= 11 is 0. The summed E-state index contributed by atoms with van der Waals surface area (Å²) in [6.07, 6.45) is 0. The zero-order valence-electron chi connectivity index (χ0n) is 9.50. The second-order valence-electron chi connectivity index (χ2n) is 3.89. The lowest BCUT2D eigenvalue weighted by molar-refractivity contribution is 0.584. The smallest absolute Gasteiger partial charge is 0.126 e. The summed E-state index contributed by atoms with van der Waals surface area (Å²) in [5, 5.41) is 3.04. The first-order chi connectivity index (χ1) is 8.19. The lowest BCUT2D eigenvalue weighted by Gasteiger charge is -2.05. The molecule has 0 fully saturated rings. The Morgan fingerprint density at radius 2 is 1.65 bits per heavy atom. The van der Waals surface area contributed by atoms with Crippen molar-refractivity contribution in [3.63, 3.8) is 0 Å². The van der Waals surface area contributed by atoms with Crippen LogP contribution in [0.5, 0.6) is 0 Å². The van der Waals surface area contributed by atoms with Crippen molar-refractivity contribution >= 4 is 0 Å². The van der Waals surface area contributed by atoms with E-state index in [1.165, 1.54) is 12.1 Å². The minimum absolute atomic E-state index is 0.556. The highest BCUT2D eigenvalue weighted by Crippen LogP contribution is 2.22. The molecule has 88 valence electrons. The van der Waals surface area contributed by atoms with Crippen molar-refractivity contribution in [2.24, 2.45) is 0 Å². The molecule has 2 aromatic rings. The van der Waals surface area contributed by atoms with E-state index in [4.69, 9.17) is 0 Å². The van der Waals surface area contributed by atoms with Gasteiger partial charge in [0.2, 0.25) is 0 Å². The summed E-state index contributed by atoms with van der Waals surface area (Å²) in [6, 6.07) is 11.2. The first-order valence-electron chi connectivity index (χ1n) is 5.39. The topological polar surface area (TPSA) is 12.0 Å². The Balaban J connectivity index is 2.41. The van der Waals surface area contributed by atoms with Gasteiger partial charge < -0.3 is 5.32 Å². The van der Waals surface area contributed by atoms with Gasteiger partial charge in [0.1, 0.15) is 11.6 Å². The second-order valence-corrected chi connectivity index (χ2v) is 3.89. The summed E-state index contributed by atoms with van der Waals surface area (Å²) in [5.74, 6) is -1.11. The molecule has 0 atom stereocenters. The molecule has 3 heteroatoms. The van der Waals surface area contributed by atoms with Crippen LogP contribution in [0, 0.1) is 11.6 Å². The van der Waals surface area contributed by atoms with Crippen LogP contribution in [0.3, 0.4) is 0 Å². The fourth-order valence-corrected chi connectivity index (χ4v) is 1.79. The number of rotatable bonds is 3. The van der Waals surface area contributed by atoms with Crippen LogP contribution in [0.15, 0.2) is 42.5 Å². The van der Waals surface area contributed by atoms with Gasteiger partial charge in [-0.05, 0) is 41.9 Å². The monoisotopic (exact) mass is 233 g/mol. The van der Waals surface area contributed by atoms with Gasteiger partial charge in [-0.2, -0.15) is 0 Å². The molecule has 0 saturated heterocycles. The van der Waals surface area contributed by atoms with Gasteiger partial charge in [0, 0.05) is 12.6 Å². The van der Waals surface area contributed by atoms with Crippen LogP contribution in [0.25, 0.3) is 11.1 Å². The number of hydrogen-bond donors (Lipinski definition) is 1. The van der Waals surface area contributed by atoms with E-state index in [0.717, 1.165) is 23.7 Å². The molecule has 0 amide bonds. The van der Waals surface area contributed by atoms with E-state index < -0.39 is 11.6 Å². The molecule has 2 aromatic carbocycles. The second kappa shape index (κ2) is 5.06. The average Bonchev–Trinajstić information content (AvgIpc) is 2.28. The summed E-state index contributed by atoms with van der Waals surface area (Å²) in [4.78, 5) is 0. The molecule has 2 rings (SSSR count). The van der Waals surface area contributed by atoms with E-state index in [1.54, 1.807) is 0 Å². The van der Waals surface area contributed by atoms with E-state index in [9.17, 15) is 8.78 Å². The van der Waals surface area contributed by atoms with Crippen molar-refractivity contribution < 1.29 is 8.78 Å². The lowest BCUT2D eigenvalue weighted by atomic mass is 10.0. The maximum Gasteiger partial charge on any atom is 0.126 e. The van der Waals surface area contributed by atoms with E-state index >= 15 is 0 Å². The summed E-state index contributed by atoms with van der Waals surface area (Å²) < 4.78 is 26.2. The molecule has 1 N–H and O–H groups in total. The standard InChI is InChI=1S/C14H13F2N/c1-17-9-10-3-2-4-11(5-10)12-6-13(15)8-14(16)7-12/h2-8,17H,9H2,1H3. The zero-order valence-corrected chi connectivity index (χ0v) is 9.50. The van der Waals surface area contributed by atoms with Gasteiger partial charge in [-0.3, -0.25) is 0 Å². The molecule has 0 spiro atoms. The first kappa shape index (κ1) is 11.7. The minimum atomic E-state index is -0.556. The Morgan fingerprint density at radius 3 is 2.29 bits per heavy atom. The third kappa shape index (κ3) is 2.88. The number of benzene rings is 2. The number of halogens is 2. The van der Waals surface area contributed by atoms with Gasteiger partial charge in [0.15, 0.2) is 0 Å². The van der Waals surface area contributed by atoms with E-state index in [0.29, 0.717) is 5.56 Å². The molecular weight excluding hydrogens is 220 g/mol. The van der Waals surface area contributed by atoms with Crippen LogP contribution in [-0.2, 0) is 6.54 Å². The van der Waals surface area contributed by atoms with E-state index in [1.807, 2.05) is 31.3 Å². The van der Waals surface area contributed by atoms with Crippen molar-refractivity contribution in [1.29, 1.82) is 0 Å². The maximum absolute atomic E-state index is 13.1. The largest absolute Gasteiger partial charge is 0.316 e. The molecule has 0 radical (unpaired) electrons. The Hall–Kier alpha value is -1.74. The number of hydrogen-bond acceptors (Lipinski definition) is 1. The molecule has 0 aliphatic carbocycles. The predicted molar refractivity (Wildman–Crippen MR) is 64.6 cm³/mol. The van der Waals surface area contributed by atoms with Crippen molar-refractivity contribution in [1.82, 2.24) is 5.32 Å². The van der Waals surface area contributed by atoms with Gasteiger partial charge >= 0.3 is 0 Å². The third-order valence-corrected chi connectivity index (χ3v) is 2.50. The van der Waals surface area contributed by atoms with Crippen LogP contribution in [0.1, 0.15) is 5.56 Å². The molecule has 17 heavy (non-hydrogen) atoms. The van der Waals surface area contributed by atoms with E-state index in [-0.39, 0.29) is 0 Å². The SMILES string of the molecule is CNCc1cccc(-c2cc(F)cc(F)c2)c1. The molecule has 0 aromatic heterocycles. The van der Waals surface area contributed by atoms with Crippen LogP contribution in [-0.4, -0.2) is 7.05 Å². The number of nitrogens with one attached hydrogen (secondary N) is 1. The van der Waals surface area contributed by atoms with Gasteiger partial charge in [-0.1, -0.05) is 18.2 Å². The molecule has 0 saturated carbocycles. The molecule has 1 nitrogen and oxygen atoms in total. The van der Waals surface area contributed by atoms with Crippen LogP contribution < -0.4 is 5.32 Å². The fraction of sp³-hybridized carbons (Fsp3) is 0.143. The molecule has 0 aliphatic rings. The quantitative estimate of drug-likeness (QED) is 0.857. The van der Waals surface area contributed by atoms with Crippen molar-refractivity contribution in [3.8, 4) is 11.1 Å². The average molecular weight is 233 g/mol. The summed E-state index contributed by atoms with van der Waals surface area (Å²) in [7, 11) is 1.86. The Kier molecular flexibility index (Phi) is 3.49. The predicted octanol–water partition coefficient (Wildman–Crippen LogP) is 3.35. The van der Waals surface area contributed by atoms with Gasteiger partial charge in [-0.15, -0.1) is 0 Å².